The fraction of sp³-hybridized carbons (Fsp3) is 0.0476. The van der Waals surface area contributed by atoms with Crippen LogP contribution in [0.4, 0.5) is 4.39 Å². The molecule has 30 heavy (non-hydrogen) atoms. The Kier molecular flexibility index (Phi) is 4.74. The van der Waals surface area contributed by atoms with E-state index >= 15 is 0 Å². The number of aromatic nitrogens is 3. The van der Waals surface area contributed by atoms with Crippen LogP contribution in [0.2, 0.25) is 0 Å². The number of pyridine rings is 2. The lowest BCUT2D eigenvalue weighted by molar-refractivity contribution is 0.0945. The SMILES string of the molecule is N#Cc1nc2cc(F)c(C=O)cc2cc1CNC(=O)c1cc(=O)n2ccccc2n1. The third kappa shape index (κ3) is 3.38. The van der Waals surface area contributed by atoms with Crippen molar-refractivity contribution >= 4 is 28.7 Å². The minimum atomic E-state index is -0.733. The summed E-state index contributed by atoms with van der Waals surface area (Å²) in [7, 11) is 0. The molecule has 3 aromatic heterocycles. The number of hydrogen-bond donors (Lipinski definition) is 1. The van der Waals surface area contributed by atoms with Gasteiger partial charge in [-0.3, -0.25) is 18.8 Å². The van der Waals surface area contributed by atoms with E-state index in [4.69, 9.17) is 0 Å². The third-order valence-corrected chi connectivity index (χ3v) is 4.49. The zero-order valence-electron chi connectivity index (χ0n) is 15.3. The van der Waals surface area contributed by atoms with Crippen molar-refractivity contribution in [1.82, 2.24) is 19.7 Å². The number of nitrogens with zero attached hydrogens (tertiary/aromatic N) is 4. The number of fused-ring (bicyclic) bond motifs is 2. The summed E-state index contributed by atoms with van der Waals surface area (Å²) in [6, 6.07) is 11.9. The lowest BCUT2D eigenvalue weighted by Crippen LogP contribution is -2.27. The van der Waals surface area contributed by atoms with Crippen LogP contribution < -0.4 is 10.9 Å². The molecule has 1 amide bonds. The van der Waals surface area contributed by atoms with Gasteiger partial charge >= 0.3 is 0 Å². The molecule has 0 atom stereocenters. The Balaban J connectivity index is 1.65. The number of amides is 1. The number of nitriles is 1. The summed E-state index contributed by atoms with van der Waals surface area (Å²) in [4.78, 5) is 43.9. The van der Waals surface area contributed by atoms with Crippen LogP contribution in [0.1, 0.15) is 32.1 Å². The number of carbonyl (C=O) groups is 2. The van der Waals surface area contributed by atoms with E-state index in [2.05, 4.69) is 15.3 Å². The summed E-state index contributed by atoms with van der Waals surface area (Å²) in [5.41, 5.74) is 0.317. The molecule has 8 nitrogen and oxygen atoms in total. The number of rotatable bonds is 4. The predicted molar refractivity (Wildman–Crippen MR) is 104 cm³/mol. The van der Waals surface area contributed by atoms with E-state index in [0.717, 1.165) is 12.1 Å². The number of hydrogen-bond acceptors (Lipinski definition) is 6. The quantitative estimate of drug-likeness (QED) is 0.523. The van der Waals surface area contributed by atoms with E-state index < -0.39 is 17.3 Å². The van der Waals surface area contributed by atoms with Gasteiger partial charge in [-0.25, -0.2) is 14.4 Å². The monoisotopic (exact) mass is 401 g/mol. The molecule has 0 bridgehead atoms. The van der Waals surface area contributed by atoms with Crippen molar-refractivity contribution in [1.29, 1.82) is 5.26 Å². The van der Waals surface area contributed by atoms with Crippen molar-refractivity contribution in [2.75, 3.05) is 0 Å². The van der Waals surface area contributed by atoms with Crippen molar-refractivity contribution in [3.05, 3.63) is 87.3 Å². The van der Waals surface area contributed by atoms with Gasteiger partial charge in [0.1, 0.15) is 28.9 Å². The Morgan fingerprint density at radius 2 is 2.07 bits per heavy atom. The molecule has 146 valence electrons. The van der Waals surface area contributed by atoms with Crippen LogP contribution in [0.15, 0.2) is 53.5 Å². The van der Waals surface area contributed by atoms with E-state index in [-0.39, 0.29) is 29.0 Å². The molecule has 4 rings (SSSR count). The molecular weight excluding hydrogens is 389 g/mol. The molecule has 0 aliphatic rings. The second-order valence-electron chi connectivity index (χ2n) is 6.38. The second-order valence-corrected chi connectivity index (χ2v) is 6.38. The van der Waals surface area contributed by atoms with Gasteiger partial charge in [0.25, 0.3) is 11.5 Å². The van der Waals surface area contributed by atoms with E-state index in [1.165, 1.54) is 10.5 Å². The second kappa shape index (κ2) is 7.52. The third-order valence-electron chi connectivity index (χ3n) is 4.49. The minimum absolute atomic E-state index is 0.00703. The zero-order chi connectivity index (χ0) is 21.3. The van der Waals surface area contributed by atoms with Gasteiger partial charge in [0, 0.05) is 35.8 Å². The van der Waals surface area contributed by atoms with Gasteiger partial charge in [0.15, 0.2) is 6.29 Å². The summed E-state index contributed by atoms with van der Waals surface area (Å²) in [6.07, 6.45) is 1.93. The Labute approximate surface area is 168 Å². The molecule has 0 saturated carbocycles. The molecule has 0 aliphatic carbocycles. The van der Waals surface area contributed by atoms with Crippen LogP contribution >= 0.6 is 0 Å². The number of halogens is 1. The smallest absolute Gasteiger partial charge is 0.270 e. The molecule has 0 unspecified atom stereocenters. The standard InChI is InChI=1S/C21H12FN5O3/c22-15-7-16-12(6-14(15)11-28)5-13(18(9-23)25-16)10-24-21(30)17-8-20(29)27-4-2-1-3-19(27)26-17/h1-8,11H,10H2,(H,24,30). The van der Waals surface area contributed by atoms with Crippen LogP contribution in [-0.4, -0.2) is 26.6 Å². The van der Waals surface area contributed by atoms with Crippen LogP contribution in [0.25, 0.3) is 16.6 Å². The zero-order valence-corrected chi connectivity index (χ0v) is 15.3. The van der Waals surface area contributed by atoms with Gasteiger partial charge in [-0.05, 0) is 24.3 Å². The molecular formula is C21H12FN5O3. The van der Waals surface area contributed by atoms with E-state index in [9.17, 15) is 24.0 Å². The first kappa shape index (κ1) is 18.9. The van der Waals surface area contributed by atoms with Crippen molar-refractivity contribution in [2.45, 2.75) is 6.54 Å². The maximum Gasteiger partial charge on any atom is 0.270 e. The molecule has 0 fully saturated rings. The summed E-state index contributed by atoms with van der Waals surface area (Å²) in [5, 5.41) is 12.4. The van der Waals surface area contributed by atoms with E-state index in [0.29, 0.717) is 22.9 Å². The number of aldehydes is 1. The van der Waals surface area contributed by atoms with Gasteiger partial charge < -0.3 is 5.32 Å². The van der Waals surface area contributed by atoms with Gasteiger partial charge in [-0.15, -0.1) is 0 Å². The highest BCUT2D eigenvalue weighted by atomic mass is 19.1. The van der Waals surface area contributed by atoms with Crippen molar-refractivity contribution in [3.63, 3.8) is 0 Å². The van der Waals surface area contributed by atoms with Gasteiger partial charge in [0.05, 0.1) is 11.1 Å². The molecule has 9 heteroatoms. The Morgan fingerprint density at radius 3 is 2.83 bits per heavy atom. The number of benzene rings is 1. The highest BCUT2D eigenvalue weighted by molar-refractivity contribution is 5.93. The highest BCUT2D eigenvalue weighted by Gasteiger charge is 2.14. The fourth-order valence-electron chi connectivity index (χ4n) is 3.02. The first-order valence-corrected chi connectivity index (χ1v) is 8.75. The van der Waals surface area contributed by atoms with Crippen molar-refractivity contribution in [2.24, 2.45) is 0 Å². The van der Waals surface area contributed by atoms with Gasteiger partial charge in [-0.2, -0.15) is 5.26 Å². The Bertz CT molecular complexity index is 1440. The van der Waals surface area contributed by atoms with Crippen LogP contribution in [0.3, 0.4) is 0 Å². The molecule has 1 aromatic carbocycles. The fourth-order valence-corrected chi connectivity index (χ4v) is 3.02. The van der Waals surface area contributed by atoms with E-state index in [1.54, 1.807) is 30.5 Å². The Morgan fingerprint density at radius 1 is 1.23 bits per heavy atom. The molecule has 0 spiro atoms. The van der Waals surface area contributed by atoms with E-state index in [1.807, 2.05) is 6.07 Å². The summed E-state index contributed by atoms with van der Waals surface area (Å²) in [5.74, 6) is -1.33. The molecule has 0 radical (unpaired) electrons. The topological polar surface area (TPSA) is 117 Å². The average molecular weight is 401 g/mol. The van der Waals surface area contributed by atoms with Crippen LogP contribution in [0.5, 0.6) is 0 Å². The minimum Gasteiger partial charge on any atom is -0.347 e. The number of carbonyl (C=O) groups excluding carboxylic acids is 2. The normalized spacial score (nSPS) is 10.7. The summed E-state index contributed by atoms with van der Waals surface area (Å²) < 4.78 is 15.1. The molecule has 0 aliphatic heterocycles. The summed E-state index contributed by atoms with van der Waals surface area (Å²) >= 11 is 0. The number of nitrogens with one attached hydrogen (secondary N) is 1. The lowest BCUT2D eigenvalue weighted by atomic mass is 10.1. The highest BCUT2D eigenvalue weighted by Crippen LogP contribution is 2.20. The van der Waals surface area contributed by atoms with Gasteiger partial charge in [0.2, 0.25) is 0 Å². The molecule has 4 aromatic rings. The maximum atomic E-state index is 13.8. The summed E-state index contributed by atoms with van der Waals surface area (Å²) in [6.45, 7) is -0.0751. The molecule has 3 heterocycles. The molecule has 0 saturated heterocycles. The lowest BCUT2D eigenvalue weighted by Gasteiger charge is -2.09. The largest absolute Gasteiger partial charge is 0.347 e. The average Bonchev–Trinajstić information content (AvgIpc) is 2.76. The Hall–Kier alpha value is -4.45. The predicted octanol–water partition coefficient (Wildman–Crippen LogP) is 2.00. The van der Waals surface area contributed by atoms with Gasteiger partial charge in [-0.1, -0.05) is 6.07 Å². The molecule has 1 N–H and O–H groups in total. The first-order valence-electron chi connectivity index (χ1n) is 8.75. The first-order chi connectivity index (χ1) is 14.5. The van der Waals surface area contributed by atoms with Crippen LogP contribution in [-0.2, 0) is 6.54 Å². The van der Waals surface area contributed by atoms with Crippen LogP contribution in [0, 0.1) is 17.1 Å². The maximum absolute atomic E-state index is 13.8. The van der Waals surface area contributed by atoms with Crippen molar-refractivity contribution in [3.8, 4) is 6.07 Å². The van der Waals surface area contributed by atoms with Crippen molar-refractivity contribution < 1.29 is 14.0 Å².